The topological polar surface area (TPSA) is 85.8 Å². The number of aromatic nitrogens is 4. The van der Waals surface area contributed by atoms with Crippen LogP contribution in [0.2, 0.25) is 0 Å². The normalized spacial score (nSPS) is 12.7. The molecule has 7 nitrogen and oxygen atoms in total. The summed E-state index contributed by atoms with van der Waals surface area (Å²) in [6, 6.07) is 5.60. The number of nitrogens with one attached hydrogen (secondary N) is 1. The number of nitrogens with zero attached hydrogens (tertiary/aromatic N) is 4. The number of aryl methyl sites for hydroxylation is 2. The quantitative estimate of drug-likeness (QED) is 0.657. The maximum absolute atomic E-state index is 13.3. The van der Waals surface area contributed by atoms with Crippen LogP contribution in [-0.2, 0) is 23.7 Å². The highest BCUT2D eigenvalue weighted by Gasteiger charge is 2.22. The fourth-order valence-corrected chi connectivity index (χ4v) is 2.90. The highest BCUT2D eigenvalue weighted by Crippen LogP contribution is 2.22. The second kappa shape index (κ2) is 8.55. The average Bonchev–Trinajstić information content (AvgIpc) is 3.29. The third-order valence-electron chi connectivity index (χ3n) is 4.56. The Kier molecular flexibility index (Phi) is 6.10. The minimum Gasteiger partial charge on any atom is -0.342 e. The minimum absolute atomic E-state index is 0.127. The summed E-state index contributed by atoms with van der Waals surface area (Å²) in [5.41, 5.74) is 0.588. The van der Waals surface area contributed by atoms with Gasteiger partial charge in [-0.25, -0.2) is 9.37 Å². The van der Waals surface area contributed by atoms with Gasteiger partial charge in [-0.15, -0.1) is 0 Å². The van der Waals surface area contributed by atoms with E-state index in [9.17, 15) is 9.18 Å². The van der Waals surface area contributed by atoms with Gasteiger partial charge in [-0.1, -0.05) is 38.1 Å². The summed E-state index contributed by atoms with van der Waals surface area (Å²) in [4.78, 5) is 21.3. The lowest BCUT2D eigenvalue weighted by Crippen LogP contribution is -2.31. The molecule has 1 atom stereocenters. The predicted octanol–water partition coefficient (Wildman–Crippen LogP) is 3.47. The average molecular weight is 399 g/mol. The fraction of sp³-hybridized carbons (Fsp3) is 0.429. The molecule has 1 amide bonds. The summed E-state index contributed by atoms with van der Waals surface area (Å²) in [5, 5.41) is 7.00. The Hall–Kier alpha value is -3.03. The van der Waals surface area contributed by atoms with Gasteiger partial charge < -0.3 is 14.4 Å². The van der Waals surface area contributed by atoms with Crippen LogP contribution in [0.5, 0.6) is 0 Å². The number of imidazole rings is 1. The molecule has 0 radical (unpaired) electrons. The van der Waals surface area contributed by atoms with E-state index in [2.05, 4.69) is 20.4 Å². The smallest absolute Gasteiger partial charge is 0.226 e. The summed E-state index contributed by atoms with van der Waals surface area (Å²) in [6.45, 7) is 6.05. The summed E-state index contributed by atoms with van der Waals surface area (Å²) >= 11 is 0. The van der Waals surface area contributed by atoms with Crippen molar-refractivity contribution in [2.75, 3.05) is 0 Å². The lowest BCUT2D eigenvalue weighted by molar-refractivity contribution is -0.121. The molecule has 0 spiro atoms. The van der Waals surface area contributed by atoms with Gasteiger partial charge in [0.1, 0.15) is 17.7 Å². The first-order chi connectivity index (χ1) is 13.7. The predicted molar refractivity (Wildman–Crippen MR) is 106 cm³/mol. The molecule has 1 aromatic carbocycles. The van der Waals surface area contributed by atoms with Gasteiger partial charge in [0.25, 0.3) is 0 Å². The number of halogens is 1. The van der Waals surface area contributed by atoms with Crippen molar-refractivity contribution in [1.29, 1.82) is 0 Å². The van der Waals surface area contributed by atoms with E-state index in [4.69, 9.17) is 4.52 Å². The van der Waals surface area contributed by atoms with Crippen molar-refractivity contribution in [3.8, 4) is 0 Å². The SMILES string of the molecule is Cn1ccnc1C(NC(=O)CCCc1nc(C(C)(C)C)no1)c1ccc(F)cc1. The zero-order chi connectivity index (χ0) is 21.0. The first-order valence-corrected chi connectivity index (χ1v) is 9.59. The van der Waals surface area contributed by atoms with Crippen LogP contribution in [0, 0.1) is 5.82 Å². The van der Waals surface area contributed by atoms with E-state index in [0.717, 1.165) is 5.56 Å². The number of carbonyl (C=O) groups is 1. The molecular weight excluding hydrogens is 373 g/mol. The van der Waals surface area contributed by atoms with Crippen LogP contribution < -0.4 is 5.32 Å². The monoisotopic (exact) mass is 399 g/mol. The Bertz CT molecular complexity index is 956. The fourth-order valence-electron chi connectivity index (χ4n) is 2.90. The van der Waals surface area contributed by atoms with Gasteiger partial charge in [-0.2, -0.15) is 4.98 Å². The van der Waals surface area contributed by atoms with Gasteiger partial charge in [-0.05, 0) is 24.1 Å². The second-order valence-electron chi connectivity index (χ2n) is 8.06. The molecule has 3 rings (SSSR count). The molecule has 8 heteroatoms. The molecule has 2 heterocycles. The summed E-state index contributed by atoms with van der Waals surface area (Å²) in [7, 11) is 1.85. The molecule has 0 saturated heterocycles. The third kappa shape index (κ3) is 5.28. The Labute approximate surface area is 169 Å². The highest BCUT2D eigenvalue weighted by atomic mass is 19.1. The first-order valence-electron chi connectivity index (χ1n) is 9.59. The van der Waals surface area contributed by atoms with Crippen LogP contribution in [0.15, 0.2) is 41.2 Å². The molecule has 0 aliphatic rings. The summed E-state index contributed by atoms with van der Waals surface area (Å²) in [5.74, 6) is 1.41. The molecule has 2 aromatic heterocycles. The van der Waals surface area contributed by atoms with Gasteiger partial charge in [-0.3, -0.25) is 4.79 Å². The van der Waals surface area contributed by atoms with Gasteiger partial charge in [0, 0.05) is 37.7 Å². The Morgan fingerprint density at radius 3 is 2.59 bits per heavy atom. The Morgan fingerprint density at radius 1 is 1.28 bits per heavy atom. The maximum Gasteiger partial charge on any atom is 0.226 e. The zero-order valence-electron chi connectivity index (χ0n) is 17.1. The molecular formula is C21H26FN5O2. The van der Waals surface area contributed by atoms with Crippen molar-refractivity contribution in [3.63, 3.8) is 0 Å². The third-order valence-corrected chi connectivity index (χ3v) is 4.56. The van der Waals surface area contributed by atoms with Crippen LogP contribution in [0.4, 0.5) is 4.39 Å². The number of hydrogen-bond donors (Lipinski definition) is 1. The van der Waals surface area contributed by atoms with E-state index in [1.165, 1.54) is 12.1 Å². The van der Waals surface area contributed by atoms with E-state index in [1.54, 1.807) is 24.5 Å². The first kappa shape index (κ1) is 20.7. The van der Waals surface area contributed by atoms with Crippen molar-refractivity contribution in [1.82, 2.24) is 25.0 Å². The largest absolute Gasteiger partial charge is 0.342 e. The van der Waals surface area contributed by atoms with E-state index in [1.807, 2.05) is 32.4 Å². The number of carbonyl (C=O) groups excluding carboxylic acids is 1. The Balaban J connectivity index is 1.62. The van der Waals surface area contributed by atoms with Gasteiger partial charge >= 0.3 is 0 Å². The molecule has 3 aromatic rings. The van der Waals surface area contributed by atoms with Crippen LogP contribution in [0.25, 0.3) is 0 Å². The second-order valence-corrected chi connectivity index (χ2v) is 8.06. The minimum atomic E-state index is -0.459. The zero-order valence-corrected chi connectivity index (χ0v) is 17.1. The number of rotatable bonds is 7. The van der Waals surface area contributed by atoms with E-state index in [-0.39, 0.29) is 17.1 Å². The standard InChI is InChI=1S/C21H26FN5O2/c1-21(2,3)20-25-17(29-26-20)7-5-6-16(28)24-18(19-23-12-13-27(19)4)14-8-10-15(22)11-9-14/h8-13,18H,5-7H2,1-4H3,(H,24,28). The molecule has 0 fully saturated rings. The van der Waals surface area contributed by atoms with Crippen molar-refractivity contribution < 1.29 is 13.7 Å². The molecule has 0 aliphatic heterocycles. The molecule has 154 valence electrons. The number of hydrogen-bond acceptors (Lipinski definition) is 5. The van der Waals surface area contributed by atoms with Crippen molar-refractivity contribution >= 4 is 5.91 Å². The van der Waals surface area contributed by atoms with Crippen LogP contribution in [-0.4, -0.2) is 25.6 Å². The van der Waals surface area contributed by atoms with E-state index >= 15 is 0 Å². The molecule has 0 bridgehead atoms. The van der Waals surface area contributed by atoms with Crippen LogP contribution in [0.3, 0.4) is 0 Å². The van der Waals surface area contributed by atoms with Crippen LogP contribution >= 0.6 is 0 Å². The summed E-state index contributed by atoms with van der Waals surface area (Å²) in [6.07, 6.45) is 4.88. The molecule has 1 N–H and O–H groups in total. The lowest BCUT2D eigenvalue weighted by atomic mass is 9.96. The van der Waals surface area contributed by atoms with E-state index < -0.39 is 6.04 Å². The molecule has 0 saturated carbocycles. The van der Waals surface area contributed by atoms with Gasteiger partial charge in [0.2, 0.25) is 11.8 Å². The summed E-state index contributed by atoms with van der Waals surface area (Å²) < 4.78 is 20.4. The van der Waals surface area contributed by atoms with Crippen molar-refractivity contribution in [2.24, 2.45) is 7.05 Å². The lowest BCUT2D eigenvalue weighted by Gasteiger charge is -2.19. The highest BCUT2D eigenvalue weighted by molar-refractivity contribution is 5.76. The van der Waals surface area contributed by atoms with Crippen molar-refractivity contribution in [3.05, 3.63) is 65.6 Å². The maximum atomic E-state index is 13.3. The van der Waals surface area contributed by atoms with Gasteiger partial charge in [0.05, 0.1) is 0 Å². The molecule has 0 aliphatic carbocycles. The molecule has 1 unspecified atom stereocenters. The van der Waals surface area contributed by atoms with Gasteiger partial charge in [0.15, 0.2) is 5.82 Å². The number of benzene rings is 1. The number of amides is 1. The molecule has 29 heavy (non-hydrogen) atoms. The Morgan fingerprint density at radius 2 is 2.00 bits per heavy atom. The van der Waals surface area contributed by atoms with E-state index in [0.29, 0.717) is 36.8 Å². The van der Waals surface area contributed by atoms with Crippen LogP contribution in [0.1, 0.15) is 62.8 Å². The van der Waals surface area contributed by atoms with Crippen molar-refractivity contribution in [2.45, 2.75) is 51.5 Å².